The van der Waals surface area contributed by atoms with Crippen LogP contribution >= 0.6 is 11.3 Å². The normalized spacial score (nSPS) is 12.8. The molecule has 3 aromatic rings. The van der Waals surface area contributed by atoms with Gasteiger partial charge in [0.15, 0.2) is 4.96 Å². The maximum Gasteiger partial charge on any atom is 0.324 e. The molecular formula is C17H17N3O5S2. The minimum absolute atomic E-state index is 0.0607. The maximum atomic E-state index is 12.3. The summed E-state index contributed by atoms with van der Waals surface area (Å²) in [6, 6.07) is 6.44. The third-order valence-corrected chi connectivity index (χ3v) is 6.05. The predicted molar refractivity (Wildman–Crippen MR) is 100 cm³/mol. The molecule has 0 aliphatic rings. The summed E-state index contributed by atoms with van der Waals surface area (Å²) in [6.07, 6.45) is 1.60. The molecule has 3 rings (SSSR count). The summed E-state index contributed by atoms with van der Waals surface area (Å²) in [5.41, 5.74) is 0.942. The summed E-state index contributed by atoms with van der Waals surface area (Å²) in [5, 5.41) is 1.72. The number of aromatic nitrogens is 2. The topological polar surface area (TPSA) is 107 Å². The Morgan fingerprint density at radius 1 is 1.33 bits per heavy atom. The van der Waals surface area contributed by atoms with E-state index in [-0.39, 0.29) is 17.1 Å². The van der Waals surface area contributed by atoms with Crippen LogP contribution in [0, 0.1) is 6.92 Å². The van der Waals surface area contributed by atoms with E-state index in [4.69, 9.17) is 4.74 Å². The molecule has 27 heavy (non-hydrogen) atoms. The molecule has 0 saturated heterocycles. The van der Waals surface area contributed by atoms with Crippen LogP contribution in [0.4, 0.5) is 0 Å². The summed E-state index contributed by atoms with van der Waals surface area (Å²) in [6.45, 7) is 3.01. The van der Waals surface area contributed by atoms with Crippen molar-refractivity contribution in [2.45, 2.75) is 31.4 Å². The standard InChI is InChI=1S/C17H17N3O5S2/c1-11-3-5-14(6-4-11)27(23,24)19-12(2)16(22)25-10-13-9-15(21)20-7-8-26-17(20)18-13/h3-9,12,19H,10H2,1-2H3/t12-/m1/s1. The van der Waals surface area contributed by atoms with Crippen molar-refractivity contribution in [1.82, 2.24) is 14.1 Å². The summed E-state index contributed by atoms with van der Waals surface area (Å²) in [7, 11) is -3.85. The first-order valence-electron chi connectivity index (χ1n) is 7.98. The summed E-state index contributed by atoms with van der Waals surface area (Å²) in [5.74, 6) is -0.765. The molecule has 0 fully saturated rings. The smallest absolute Gasteiger partial charge is 0.324 e. The van der Waals surface area contributed by atoms with E-state index in [0.717, 1.165) is 5.56 Å². The van der Waals surface area contributed by atoms with Crippen LogP contribution in [-0.2, 0) is 26.2 Å². The molecule has 10 heteroatoms. The van der Waals surface area contributed by atoms with Crippen LogP contribution in [0.25, 0.3) is 4.96 Å². The van der Waals surface area contributed by atoms with Crippen molar-refractivity contribution in [2.24, 2.45) is 0 Å². The van der Waals surface area contributed by atoms with Crippen molar-refractivity contribution in [3.05, 3.63) is 63.5 Å². The highest BCUT2D eigenvalue weighted by Gasteiger charge is 2.23. The Morgan fingerprint density at radius 2 is 2.04 bits per heavy atom. The van der Waals surface area contributed by atoms with Gasteiger partial charge < -0.3 is 4.74 Å². The molecule has 1 atom stereocenters. The first kappa shape index (κ1) is 19.2. The maximum absolute atomic E-state index is 12.3. The molecule has 2 aromatic heterocycles. The average Bonchev–Trinajstić information content (AvgIpc) is 3.09. The number of esters is 1. The van der Waals surface area contributed by atoms with Gasteiger partial charge in [-0.15, -0.1) is 11.3 Å². The second kappa shape index (κ2) is 7.59. The van der Waals surface area contributed by atoms with Gasteiger partial charge in [0.1, 0.15) is 12.6 Å². The van der Waals surface area contributed by atoms with Crippen molar-refractivity contribution in [3.63, 3.8) is 0 Å². The number of hydrogen-bond acceptors (Lipinski definition) is 7. The number of nitrogens with one attached hydrogen (secondary N) is 1. The van der Waals surface area contributed by atoms with Crippen LogP contribution in [0.15, 0.2) is 51.6 Å². The van der Waals surface area contributed by atoms with Gasteiger partial charge in [-0.3, -0.25) is 14.0 Å². The van der Waals surface area contributed by atoms with E-state index < -0.39 is 22.0 Å². The minimum atomic E-state index is -3.85. The molecular weight excluding hydrogens is 390 g/mol. The Morgan fingerprint density at radius 3 is 2.74 bits per heavy atom. The predicted octanol–water partition coefficient (Wildman–Crippen LogP) is 1.47. The molecule has 0 amide bonds. The molecule has 0 aliphatic carbocycles. The van der Waals surface area contributed by atoms with Gasteiger partial charge in [0, 0.05) is 17.6 Å². The SMILES string of the molecule is Cc1ccc(S(=O)(=O)N[C@H](C)C(=O)OCc2cc(=O)n3ccsc3n2)cc1. The van der Waals surface area contributed by atoms with E-state index >= 15 is 0 Å². The zero-order valence-corrected chi connectivity index (χ0v) is 16.2. The van der Waals surface area contributed by atoms with Crippen LogP contribution in [0.1, 0.15) is 18.2 Å². The minimum Gasteiger partial charge on any atom is -0.458 e. The Kier molecular flexibility index (Phi) is 5.40. The second-order valence-corrected chi connectivity index (χ2v) is 8.49. The van der Waals surface area contributed by atoms with Crippen LogP contribution in [0.5, 0.6) is 0 Å². The number of benzene rings is 1. The molecule has 1 N–H and O–H groups in total. The lowest BCUT2D eigenvalue weighted by molar-refractivity contribution is -0.146. The summed E-state index contributed by atoms with van der Waals surface area (Å²) >= 11 is 1.28. The van der Waals surface area contributed by atoms with Crippen molar-refractivity contribution < 1.29 is 17.9 Å². The molecule has 0 radical (unpaired) electrons. The molecule has 142 valence electrons. The Hall–Kier alpha value is -2.56. The number of hydrogen-bond donors (Lipinski definition) is 1. The number of carbonyl (C=O) groups excluding carboxylic acids is 1. The molecule has 0 aliphatic heterocycles. The summed E-state index contributed by atoms with van der Waals surface area (Å²) < 4.78 is 33.4. The highest BCUT2D eigenvalue weighted by atomic mass is 32.2. The van der Waals surface area contributed by atoms with Crippen LogP contribution in [-0.4, -0.2) is 29.8 Å². The number of thiazole rings is 1. The van der Waals surface area contributed by atoms with E-state index in [1.54, 1.807) is 23.7 Å². The van der Waals surface area contributed by atoms with E-state index in [2.05, 4.69) is 9.71 Å². The zero-order chi connectivity index (χ0) is 19.6. The number of rotatable bonds is 6. The van der Waals surface area contributed by atoms with Gasteiger partial charge in [-0.05, 0) is 26.0 Å². The molecule has 1 aromatic carbocycles. The highest BCUT2D eigenvalue weighted by Crippen LogP contribution is 2.11. The van der Waals surface area contributed by atoms with E-state index in [1.807, 2.05) is 6.92 Å². The lowest BCUT2D eigenvalue weighted by Crippen LogP contribution is -2.39. The number of sulfonamides is 1. The number of nitrogens with zero attached hydrogens (tertiary/aromatic N) is 2. The Balaban J connectivity index is 1.64. The second-order valence-electron chi connectivity index (χ2n) is 5.91. The fourth-order valence-corrected chi connectivity index (χ4v) is 4.23. The molecule has 0 unspecified atom stereocenters. The molecule has 2 heterocycles. The molecule has 0 spiro atoms. The number of aryl methyl sites for hydroxylation is 1. The van der Waals surface area contributed by atoms with Crippen LogP contribution < -0.4 is 10.3 Å². The fourth-order valence-electron chi connectivity index (χ4n) is 2.30. The van der Waals surface area contributed by atoms with Gasteiger partial charge in [-0.2, -0.15) is 4.72 Å². The quantitative estimate of drug-likeness (QED) is 0.620. The Labute approximate surface area is 159 Å². The van der Waals surface area contributed by atoms with E-state index in [9.17, 15) is 18.0 Å². The van der Waals surface area contributed by atoms with Crippen molar-refractivity contribution in [1.29, 1.82) is 0 Å². The van der Waals surface area contributed by atoms with Gasteiger partial charge in [0.25, 0.3) is 5.56 Å². The highest BCUT2D eigenvalue weighted by molar-refractivity contribution is 7.89. The van der Waals surface area contributed by atoms with Gasteiger partial charge in [-0.1, -0.05) is 17.7 Å². The van der Waals surface area contributed by atoms with Gasteiger partial charge in [0.05, 0.1) is 10.6 Å². The number of carbonyl (C=O) groups is 1. The van der Waals surface area contributed by atoms with Crippen molar-refractivity contribution >= 4 is 32.3 Å². The largest absolute Gasteiger partial charge is 0.458 e. The monoisotopic (exact) mass is 407 g/mol. The lowest BCUT2D eigenvalue weighted by atomic mass is 10.2. The third-order valence-electron chi connectivity index (χ3n) is 3.74. The molecule has 8 nitrogen and oxygen atoms in total. The van der Waals surface area contributed by atoms with Crippen molar-refractivity contribution in [3.8, 4) is 0 Å². The Bertz CT molecular complexity index is 1130. The summed E-state index contributed by atoms with van der Waals surface area (Å²) in [4.78, 5) is 28.8. The fraction of sp³-hybridized carbons (Fsp3) is 0.235. The van der Waals surface area contributed by atoms with E-state index in [0.29, 0.717) is 10.7 Å². The molecule has 0 bridgehead atoms. The van der Waals surface area contributed by atoms with Gasteiger partial charge in [-0.25, -0.2) is 13.4 Å². The molecule has 0 saturated carbocycles. The van der Waals surface area contributed by atoms with Crippen LogP contribution in [0.2, 0.25) is 0 Å². The number of fused-ring (bicyclic) bond motifs is 1. The number of ether oxygens (including phenoxy) is 1. The van der Waals surface area contributed by atoms with E-state index in [1.165, 1.54) is 40.9 Å². The third kappa shape index (κ3) is 4.41. The van der Waals surface area contributed by atoms with Crippen molar-refractivity contribution in [2.75, 3.05) is 0 Å². The first-order chi connectivity index (χ1) is 12.8. The zero-order valence-electron chi connectivity index (χ0n) is 14.6. The lowest BCUT2D eigenvalue weighted by Gasteiger charge is -2.13. The van der Waals surface area contributed by atoms with Gasteiger partial charge in [0.2, 0.25) is 10.0 Å². The van der Waals surface area contributed by atoms with Crippen LogP contribution in [0.3, 0.4) is 0 Å². The van der Waals surface area contributed by atoms with Gasteiger partial charge >= 0.3 is 5.97 Å². The first-order valence-corrected chi connectivity index (χ1v) is 10.3. The average molecular weight is 407 g/mol.